The summed E-state index contributed by atoms with van der Waals surface area (Å²) in [7, 11) is 1.61. The molecule has 0 bridgehead atoms. The number of likely N-dealkylation sites (N-methyl/N-ethyl adjacent to an activating group) is 1. The Morgan fingerprint density at radius 3 is 2.57 bits per heavy atom. The lowest BCUT2D eigenvalue weighted by Gasteiger charge is -2.09. The molecule has 0 spiro atoms. The highest BCUT2D eigenvalue weighted by molar-refractivity contribution is 5.91. The Kier molecular flexibility index (Phi) is 4.89. The maximum Gasteiger partial charge on any atom is 0.247 e. The van der Waals surface area contributed by atoms with Crippen molar-refractivity contribution in [1.29, 1.82) is 5.26 Å². The highest BCUT2D eigenvalue weighted by Crippen LogP contribution is 2.20. The summed E-state index contributed by atoms with van der Waals surface area (Å²) in [5, 5.41) is 8.57. The van der Waals surface area contributed by atoms with E-state index in [9.17, 15) is 4.79 Å². The van der Waals surface area contributed by atoms with Crippen molar-refractivity contribution in [3.05, 3.63) is 66.2 Å². The summed E-state index contributed by atoms with van der Waals surface area (Å²) in [5.41, 5.74) is 3.20. The standard InChI is InChI=1S/C18H16N2O/c1-20(13-12-19)18(21)11-10-15-6-5-9-17(14-15)16-7-3-2-4-8-16/h2-11,14H,13H2,1H3/b11-10+. The minimum atomic E-state index is -0.179. The molecule has 2 aromatic carbocycles. The fourth-order valence-corrected chi connectivity index (χ4v) is 1.93. The molecule has 3 nitrogen and oxygen atoms in total. The third kappa shape index (κ3) is 4.05. The van der Waals surface area contributed by atoms with Gasteiger partial charge in [-0.1, -0.05) is 48.5 Å². The van der Waals surface area contributed by atoms with Crippen LogP contribution in [0, 0.1) is 11.3 Å². The SMILES string of the molecule is CN(CC#N)C(=O)/C=C/c1cccc(-c2ccccc2)c1. The first-order valence-corrected chi connectivity index (χ1v) is 6.66. The molecule has 0 radical (unpaired) electrons. The van der Waals surface area contributed by atoms with Crippen LogP contribution in [0.1, 0.15) is 5.56 Å². The van der Waals surface area contributed by atoms with Crippen LogP contribution >= 0.6 is 0 Å². The second-order valence-corrected chi connectivity index (χ2v) is 4.68. The molecule has 0 saturated heterocycles. The Morgan fingerprint density at radius 1 is 1.14 bits per heavy atom. The summed E-state index contributed by atoms with van der Waals surface area (Å²) < 4.78 is 0. The number of rotatable bonds is 4. The Bertz CT molecular complexity index is 684. The molecule has 0 saturated carbocycles. The predicted molar refractivity (Wildman–Crippen MR) is 84.2 cm³/mol. The van der Waals surface area contributed by atoms with E-state index in [0.717, 1.165) is 16.7 Å². The maximum atomic E-state index is 11.7. The van der Waals surface area contributed by atoms with Gasteiger partial charge in [-0.3, -0.25) is 4.79 Å². The Hall–Kier alpha value is -2.86. The van der Waals surface area contributed by atoms with E-state index in [-0.39, 0.29) is 12.5 Å². The molecule has 0 heterocycles. The van der Waals surface area contributed by atoms with Gasteiger partial charge >= 0.3 is 0 Å². The molecule has 2 aromatic rings. The fourth-order valence-electron chi connectivity index (χ4n) is 1.93. The first-order chi connectivity index (χ1) is 10.2. The molecule has 0 atom stereocenters. The van der Waals surface area contributed by atoms with E-state index < -0.39 is 0 Å². The number of nitrogens with zero attached hydrogens (tertiary/aromatic N) is 2. The minimum absolute atomic E-state index is 0.0905. The first-order valence-electron chi connectivity index (χ1n) is 6.66. The molecule has 3 heteroatoms. The number of hydrogen-bond donors (Lipinski definition) is 0. The van der Waals surface area contributed by atoms with Crippen molar-refractivity contribution in [2.24, 2.45) is 0 Å². The van der Waals surface area contributed by atoms with Gasteiger partial charge in [0, 0.05) is 13.1 Å². The number of amides is 1. The van der Waals surface area contributed by atoms with Gasteiger partial charge in [-0.05, 0) is 28.8 Å². The van der Waals surface area contributed by atoms with E-state index in [1.165, 1.54) is 11.0 Å². The first kappa shape index (κ1) is 14.5. The topological polar surface area (TPSA) is 44.1 Å². The van der Waals surface area contributed by atoms with E-state index >= 15 is 0 Å². The van der Waals surface area contributed by atoms with E-state index in [4.69, 9.17) is 5.26 Å². The van der Waals surface area contributed by atoms with Crippen LogP contribution in [0.4, 0.5) is 0 Å². The summed E-state index contributed by atoms with van der Waals surface area (Å²) in [4.78, 5) is 13.1. The van der Waals surface area contributed by atoms with Gasteiger partial charge in [0.1, 0.15) is 6.54 Å². The molecule has 2 rings (SSSR count). The van der Waals surface area contributed by atoms with Crippen LogP contribution in [0.15, 0.2) is 60.7 Å². The quantitative estimate of drug-likeness (QED) is 0.635. The van der Waals surface area contributed by atoms with Gasteiger partial charge in [-0.15, -0.1) is 0 Å². The van der Waals surface area contributed by atoms with Crippen molar-refractivity contribution in [3.8, 4) is 17.2 Å². The van der Waals surface area contributed by atoms with Crippen molar-refractivity contribution in [2.45, 2.75) is 0 Å². The largest absolute Gasteiger partial charge is 0.329 e. The number of carbonyl (C=O) groups is 1. The molecule has 0 aliphatic heterocycles. The summed E-state index contributed by atoms with van der Waals surface area (Å²) in [6.07, 6.45) is 3.25. The van der Waals surface area contributed by atoms with Crippen molar-refractivity contribution in [1.82, 2.24) is 4.90 Å². The monoisotopic (exact) mass is 276 g/mol. The van der Waals surface area contributed by atoms with Crippen LogP contribution in [0.25, 0.3) is 17.2 Å². The highest BCUT2D eigenvalue weighted by atomic mass is 16.2. The Labute approximate surface area is 124 Å². The lowest BCUT2D eigenvalue weighted by molar-refractivity contribution is -0.124. The molecule has 0 aromatic heterocycles. The van der Waals surface area contributed by atoms with Gasteiger partial charge in [0.05, 0.1) is 6.07 Å². The number of hydrogen-bond acceptors (Lipinski definition) is 2. The Balaban J connectivity index is 2.16. The van der Waals surface area contributed by atoms with E-state index in [1.807, 2.05) is 48.5 Å². The van der Waals surface area contributed by atoms with Gasteiger partial charge in [0.2, 0.25) is 5.91 Å². The van der Waals surface area contributed by atoms with Crippen LogP contribution in [-0.4, -0.2) is 24.4 Å². The third-order valence-electron chi connectivity index (χ3n) is 3.10. The summed E-state index contributed by atoms with van der Waals surface area (Å²) in [6, 6.07) is 20.0. The molecule has 1 amide bonds. The smallest absolute Gasteiger partial charge is 0.247 e. The molecular formula is C18H16N2O. The van der Waals surface area contributed by atoms with Crippen molar-refractivity contribution >= 4 is 12.0 Å². The van der Waals surface area contributed by atoms with E-state index in [0.29, 0.717) is 0 Å². The number of nitriles is 1. The van der Waals surface area contributed by atoms with Crippen LogP contribution in [0.3, 0.4) is 0 Å². The lowest BCUT2D eigenvalue weighted by atomic mass is 10.0. The lowest BCUT2D eigenvalue weighted by Crippen LogP contribution is -2.24. The molecular weight excluding hydrogens is 260 g/mol. The fraction of sp³-hybridized carbons (Fsp3) is 0.111. The summed E-state index contributed by atoms with van der Waals surface area (Å²) >= 11 is 0. The molecule has 0 aliphatic rings. The van der Waals surface area contributed by atoms with Gasteiger partial charge in [-0.2, -0.15) is 5.26 Å². The molecule has 0 fully saturated rings. The molecule has 104 valence electrons. The molecule has 0 N–H and O–H groups in total. The molecule has 21 heavy (non-hydrogen) atoms. The van der Waals surface area contributed by atoms with Gasteiger partial charge < -0.3 is 4.90 Å². The second-order valence-electron chi connectivity index (χ2n) is 4.68. The zero-order valence-electron chi connectivity index (χ0n) is 11.9. The van der Waals surface area contributed by atoms with Crippen LogP contribution < -0.4 is 0 Å². The van der Waals surface area contributed by atoms with Crippen LogP contribution in [-0.2, 0) is 4.79 Å². The average Bonchev–Trinajstić information content (AvgIpc) is 2.54. The normalized spacial score (nSPS) is 10.3. The average molecular weight is 276 g/mol. The predicted octanol–water partition coefficient (Wildman–Crippen LogP) is 3.35. The van der Waals surface area contributed by atoms with Crippen molar-refractivity contribution in [3.63, 3.8) is 0 Å². The maximum absolute atomic E-state index is 11.7. The van der Waals surface area contributed by atoms with Gasteiger partial charge in [0.15, 0.2) is 0 Å². The highest BCUT2D eigenvalue weighted by Gasteiger charge is 2.03. The third-order valence-corrected chi connectivity index (χ3v) is 3.10. The van der Waals surface area contributed by atoms with Crippen LogP contribution in [0.2, 0.25) is 0 Å². The zero-order chi connectivity index (χ0) is 15.1. The zero-order valence-corrected chi connectivity index (χ0v) is 11.9. The summed E-state index contributed by atoms with van der Waals surface area (Å²) in [6.45, 7) is 0.0905. The number of benzene rings is 2. The second kappa shape index (κ2) is 7.06. The Morgan fingerprint density at radius 2 is 1.86 bits per heavy atom. The molecule has 0 aliphatic carbocycles. The van der Waals surface area contributed by atoms with Crippen LogP contribution in [0.5, 0.6) is 0 Å². The van der Waals surface area contributed by atoms with E-state index in [1.54, 1.807) is 13.1 Å². The summed E-state index contributed by atoms with van der Waals surface area (Å²) in [5.74, 6) is -0.179. The van der Waals surface area contributed by atoms with Gasteiger partial charge in [-0.25, -0.2) is 0 Å². The van der Waals surface area contributed by atoms with Crippen molar-refractivity contribution in [2.75, 3.05) is 13.6 Å². The van der Waals surface area contributed by atoms with E-state index in [2.05, 4.69) is 12.1 Å². The minimum Gasteiger partial charge on any atom is -0.329 e. The van der Waals surface area contributed by atoms with Gasteiger partial charge in [0.25, 0.3) is 0 Å². The number of carbonyl (C=O) groups excluding carboxylic acids is 1. The molecule has 0 unspecified atom stereocenters. The van der Waals surface area contributed by atoms with Crippen molar-refractivity contribution < 1.29 is 4.79 Å².